The standard InChI is InChI=1S/C13H10N4O3/c18-12(19)8-16-5-6-17-11(13(16)20)7-10(15-17)9-3-1-2-4-14-9/h1-7H,8H2,(H,18,19). The molecule has 0 aliphatic carbocycles. The van der Waals surface area contributed by atoms with Crippen LogP contribution in [-0.2, 0) is 11.3 Å². The van der Waals surface area contributed by atoms with Gasteiger partial charge in [0.1, 0.15) is 17.8 Å². The Kier molecular flexibility index (Phi) is 2.79. The largest absolute Gasteiger partial charge is 0.480 e. The van der Waals surface area contributed by atoms with Crippen molar-refractivity contribution in [3.05, 3.63) is 53.2 Å². The third-order valence-electron chi connectivity index (χ3n) is 2.84. The van der Waals surface area contributed by atoms with Crippen LogP contribution in [-0.4, -0.2) is 30.2 Å². The summed E-state index contributed by atoms with van der Waals surface area (Å²) in [4.78, 5) is 27.0. The highest BCUT2D eigenvalue weighted by molar-refractivity contribution is 5.67. The van der Waals surface area contributed by atoms with Gasteiger partial charge < -0.3 is 9.67 Å². The first-order valence-electron chi connectivity index (χ1n) is 5.87. The Morgan fingerprint density at radius 3 is 2.80 bits per heavy atom. The van der Waals surface area contributed by atoms with Crippen LogP contribution in [0.15, 0.2) is 47.7 Å². The van der Waals surface area contributed by atoms with Crippen LogP contribution < -0.4 is 5.56 Å². The van der Waals surface area contributed by atoms with E-state index in [1.807, 2.05) is 6.07 Å². The third-order valence-corrected chi connectivity index (χ3v) is 2.84. The van der Waals surface area contributed by atoms with E-state index in [1.54, 1.807) is 30.6 Å². The number of hydrogen-bond donors (Lipinski definition) is 1. The Balaban J connectivity index is 2.15. The molecule has 7 nitrogen and oxygen atoms in total. The highest BCUT2D eigenvalue weighted by atomic mass is 16.4. The minimum absolute atomic E-state index is 0.314. The summed E-state index contributed by atoms with van der Waals surface area (Å²) in [5.41, 5.74) is 1.13. The summed E-state index contributed by atoms with van der Waals surface area (Å²) in [6.45, 7) is -0.376. The molecule has 0 saturated carbocycles. The number of fused-ring (bicyclic) bond motifs is 1. The van der Waals surface area contributed by atoms with Crippen LogP contribution >= 0.6 is 0 Å². The zero-order valence-electron chi connectivity index (χ0n) is 10.3. The maximum absolute atomic E-state index is 12.1. The maximum Gasteiger partial charge on any atom is 0.323 e. The SMILES string of the molecule is O=C(O)Cn1ccn2nc(-c3ccccn3)cc2c1=O. The Morgan fingerprint density at radius 2 is 2.10 bits per heavy atom. The van der Waals surface area contributed by atoms with Gasteiger partial charge in [0.25, 0.3) is 5.56 Å². The lowest BCUT2D eigenvalue weighted by atomic mass is 10.3. The van der Waals surface area contributed by atoms with Gasteiger partial charge in [0, 0.05) is 18.6 Å². The number of carbonyl (C=O) groups is 1. The Hall–Kier alpha value is -2.96. The highest BCUT2D eigenvalue weighted by Crippen LogP contribution is 2.14. The predicted octanol–water partition coefficient (Wildman–Crippen LogP) is 0.643. The van der Waals surface area contributed by atoms with Crippen LogP contribution in [0, 0.1) is 0 Å². The molecule has 7 heteroatoms. The lowest BCUT2D eigenvalue weighted by Gasteiger charge is -2.01. The number of aliphatic carboxylic acids is 1. The van der Waals surface area contributed by atoms with Gasteiger partial charge >= 0.3 is 5.97 Å². The molecule has 100 valence electrons. The summed E-state index contributed by atoms with van der Waals surface area (Å²) in [6.07, 6.45) is 4.59. The van der Waals surface area contributed by atoms with Crippen molar-refractivity contribution in [2.75, 3.05) is 0 Å². The van der Waals surface area contributed by atoms with Crippen LogP contribution in [0.4, 0.5) is 0 Å². The molecule has 0 spiro atoms. The van der Waals surface area contributed by atoms with E-state index in [2.05, 4.69) is 10.1 Å². The van der Waals surface area contributed by atoms with Gasteiger partial charge in [0.2, 0.25) is 0 Å². The molecule has 0 atom stereocenters. The van der Waals surface area contributed by atoms with Crippen LogP contribution in [0.3, 0.4) is 0 Å². The molecule has 3 aromatic heterocycles. The van der Waals surface area contributed by atoms with Gasteiger partial charge in [-0.3, -0.25) is 14.6 Å². The average Bonchev–Trinajstić information content (AvgIpc) is 2.87. The molecule has 0 fully saturated rings. The van der Waals surface area contributed by atoms with Gasteiger partial charge in [-0.15, -0.1) is 0 Å². The van der Waals surface area contributed by atoms with E-state index < -0.39 is 11.5 Å². The minimum atomic E-state index is -1.07. The summed E-state index contributed by atoms with van der Waals surface area (Å²) < 4.78 is 2.55. The van der Waals surface area contributed by atoms with Gasteiger partial charge in [-0.1, -0.05) is 6.07 Å². The summed E-state index contributed by atoms with van der Waals surface area (Å²) in [5.74, 6) is -1.07. The number of carboxylic acids is 1. The average molecular weight is 270 g/mol. The zero-order chi connectivity index (χ0) is 14.1. The van der Waals surface area contributed by atoms with Gasteiger partial charge in [0.05, 0.1) is 5.69 Å². The predicted molar refractivity (Wildman–Crippen MR) is 70.3 cm³/mol. The van der Waals surface area contributed by atoms with E-state index in [0.29, 0.717) is 16.9 Å². The van der Waals surface area contributed by atoms with Crippen LogP contribution in [0.5, 0.6) is 0 Å². The number of rotatable bonds is 3. The van der Waals surface area contributed by atoms with E-state index in [0.717, 1.165) is 4.57 Å². The number of pyridine rings is 1. The summed E-state index contributed by atoms with van der Waals surface area (Å²) in [5, 5.41) is 13.0. The summed E-state index contributed by atoms with van der Waals surface area (Å²) in [7, 11) is 0. The number of aromatic nitrogens is 4. The molecule has 3 heterocycles. The van der Waals surface area contributed by atoms with Crippen molar-refractivity contribution in [1.29, 1.82) is 0 Å². The summed E-state index contributed by atoms with van der Waals surface area (Å²) >= 11 is 0. The molecule has 0 unspecified atom stereocenters. The molecule has 0 bridgehead atoms. The number of hydrogen-bond acceptors (Lipinski definition) is 4. The number of nitrogens with zero attached hydrogens (tertiary/aromatic N) is 4. The second-order valence-corrected chi connectivity index (χ2v) is 4.20. The van der Waals surface area contributed by atoms with E-state index in [4.69, 9.17) is 5.11 Å². The van der Waals surface area contributed by atoms with Crippen molar-refractivity contribution in [2.45, 2.75) is 6.54 Å². The van der Waals surface area contributed by atoms with Crippen molar-refractivity contribution in [2.24, 2.45) is 0 Å². The fraction of sp³-hybridized carbons (Fsp3) is 0.0769. The van der Waals surface area contributed by atoms with Crippen molar-refractivity contribution in [1.82, 2.24) is 19.2 Å². The molecule has 0 saturated heterocycles. The second-order valence-electron chi connectivity index (χ2n) is 4.20. The fourth-order valence-corrected chi connectivity index (χ4v) is 1.94. The smallest absolute Gasteiger partial charge is 0.323 e. The van der Waals surface area contributed by atoms with E-state index in [1.165, 1.54) is 10.7 Å². The maximum atomic E-state index is 12.1. The number of carboxylic acid groups (broad SMARTS) is 1. The molecule has 0 radical (unpaired) electrons. The van der Waals surface area contributed by atoms with Crippen molar-refractivity contribution in [3.63, 3.8) is 0 Å². The second kappa shape index (κ2) is 4.61. The molecule has 0 aliphatic heterocycles. The first-order valence-corrected chi connectivity index (χ1v) is 5.87. The highest BCUT2D eigenvalue weighted by Gasteiger charge is 2.10. The monoisotopic (exact) mass is 270 g/mol. The molecule has 0 aromatic carbocycles. The van der Waals surface area contributed by atoms with Crippen molar-refractivity contribution < 1.29 is 9.90 Å². The molecule has 1 N–H and O–H groups in total. The van der Waals surface area contributed by atoms with E-state index >= 15 is 0 Å². The van der Waals surface area contributed by atoms with Gasteiger partial charge in [-0.05, 0) is 18.2 Å². The van der Waals surface area contributed by atoms with E-state index in [-0.39, 0.29) is 6.54 Å². The fourth-order valence-electron chi connectivity index (χ4n) is 1.94. The van der Waals surface area contributed by atoms with Crippen LogP contribution in [0.2, 0.25) is 0 Å². The molecular formula is C13H10N4O3. The molecule has 3 rings (SSSR count). The third kappa shape index (κ3) is 2.05. The van der Waals surface area contributed by atoms with Crippen LogP contribution in [0.25, 0.3) is 16.9 Å². The molecule has 3 aromatic rings. The topological polar surface area (TPSA) is 89.5 Å². The lowest BCUT2D eigenvalue weighted by Crippen LogP contribution is -2.24. The first-order chi connectivity index (χ1) is 9.65. The molecular weight excluding hydrogens is 260 g/mol. The van der Waals surface area contributed by atoms with Crippen molar-refractivity contribution >= 4 is 11.5 Å². The van der Waals surface area contributed by atoms with Gasteiger partial charge in [-0.2, -0.15) is 5.10 Å². The van der Waals surface area contributed by atoms with Crippen molar-refractivity contribution in [3.8, 4) is 11.4 Å². The van der Waals surface area contributed by atoms with E-state index in [9.17, 15) is 9.59 Å². The Morgan fingerprint density at radius 1 is 1.25 bits per heavy atom. The minimum Gasteiger partial charge on any atom is -0.480 e. The Labute approximate surface area is 112 Å². The Bertz CT molecular complexity index is 836. The quantitative estimate of drug-likeness (QED) is 0.754. The van der Waals surface area contributed by atoms with Gasteiger partial charge in [0.15, 0.2) is 0 Å². The molecule has 20 heavy (non-hydrogen) atoms. The van der Waals surface area contributed by atoms with Gasteiger partial charge in [-0.25, -0.2) is 4.52 Å². The normalized spacial score (nSPS) is 10.8. The first kappa shape index (κ1) is 12.1. The molecule has 0 amide bonds. The zero-order valence-corrected chi connectivity index (χ0v) is 10.3. The lowest BCUT2D eigenvalue weighted by molar-refractivity contribution is -0.137. The summed E-state index contributed by atoms with van der Waals surface area (Å²) in [6, 6.07) is 7.01. The molecule has 0 aliphatic rings. The van der Waals surface area contributed by atoms with Crippen LogP contribution in [0.1, 0.15) is 0 Å².